The van der Waals surface area contributed by atoms with Crippen LogP contribution in [-0.2, 0) is 10.0 Å². The maximum Gasteiger partial charge on any atom is 0.257 e. The highest BCUT2D eigenvalue weighted by molar-refractivity contribution is 7.92. The Morgan fingerprint density at radius 3 is 2.54 bits per heavy atom. The van der Waals surface area contributed by atoms with Gasteiger partial charge in [0.2, 0.25) is 16.0 Å². The number of carbonyl (C=O) groups excluding carboxylic acids is 1. The lowest BCUT2D eigenvalue weighted by Gasteiger charge is -2.34. The first-order chi connectivity index (χ1) is 19.7. The maximum absolute atomic E-state index is 13.4. The summed E-state index contributed by atoms with van der Waals surface area (Å²) < 4.78 is 33.2. The predicted octanol–water partition coefficient (Wildman–Crippen LogP) is 2.29. The summed E-state index contributed by atoms with van der Waals surface area (Å²) in [6, 6.07) is 16.2. The summed E-state index contributed by atoms with van der Waals surface area (Å²) in [5, 5.41) is 17.1. The van der Waals surface area contributed by atoms with Gasteiger partial charge in [0.1, 0.15) is 0 Å². The number of piperazine rings is 1. The molecule has 0 bridgehead atoms. The summed E-state index contributed by atoms with van der Waals surface area (Å²) in [4.78, 5) is 21.8. The van der Waals surface area contributed by atoms with E-state index in [0.717, 1.165) is 11.8 Å². The fraction of sp³-hybridized carbons (Fsp3) is 0.321. The molecule has 13 heteroatoms. The molecule has 1 saturated heterocycles. The second-order valence-electron chi connectivity index (χ2n) is 9.75. The zero-order valence-electron chi connectivity index (χ0n) is 23.2. The number of anilines is 3. The van der Waals surface area contributed by atoms with Gasteiger partial charge in [-0.3, -0.25) is 14.0 Å². The largest absolute Gasteiger partial charge is 0.494 e. The summed E-state index contributed by atoms with van der Waals surface area (Å²) in [7, 11) is -0.453. The zero-order valence-corrected chi connectivity index (χ0v) is 24.0. The molecule has 0 aliphatic carbocycles. The van der Waals surface area contributed by atoms with Crippen LogP contribution in [0.4, 0.5) is 17.3 Å². The standard InChI is InChI=1S/C28H33N7O5S/c1-32(41(3,38)39)24-10-5-4-7-21(24)25-12-11-20-19-29-28(31-35(20)25)30-23-9-6-8-22(26(23)40-2)27(37)34-15-13-33(14-16-34)17-18-36/h4-12,19,36H,13-18H2,1-3H3,(H,30,31). The number of aromatic nitrogens is 3. The molecule has 2 N–H and O–H groups in total. The lowest BCUT2D eigenvalue weighted by molar-refractivity contribution is 0.0612. The van der Waals surface area contributed by atoms with Crippen LogP contribution in [0.5, 0.6) is 5.75 Å². The smallest absolute Gasteiger partial charge is 0.257 e. The molecule has 1 fully saturated rings. The van der Waals surface area contributed by atoms with Gasteiger partial charge in [-0.25, -0.2) is 17.9 Å². The van der Waals surface area contributed by atoms with Crippen LogP contribution in [0, 0.1) is 0 Å². The third-order valence-electron chi connectivity index (χ3n) is 7.19. The van der Waals surface area contributed by atoms with Crippen molar-refractivity contribution in [1.82, 2.24) is 24.4 Å². The number of benzene rings is 2. The molecule has 4 aromatic rings. The van der Waals surface area contributed by atoms with Crippen molar-refractivity contribution in [2.45, 2.75) is 0 Å². The number of para-hydroxylation sites is 2. The van der Waals surface area contributed by atoms with Gasteiger partial charge in [-0.15, -0.1) is 5.10 Å². The van der Waals surface area contributed by atoms with Crippen LogP contribution in [-0.4, -0.2) is 104 Å². The number of nitrogens with zero attached hydrogens (tertiary/aromatic N) is 6. The van der Waals surface area contributed by atoms with Crippen LogP contribution in [0.15, 0.2) is 60.8 Å². The van der Waals surface area contributed by atoms with Crippen LogP contribution in [0.25, 0.3) is 16.8 Å². The molecule has 1 amide bonds. The summed E-state index contributed by atoms with van der Waals surface area (Å²) >= 11 is 0. The average molecular weight is 580 g/mol. The van der Waals surface area contributed by atoms with E-state index in [1.165, 1.54) is 18.5 Å². The van der Waals surface area contributed by atoms with E-state index >= 15 is 0 Å². The van der Waals surface area contributed by atoms with Gasteiger partial charge >= 0.3 is 0 Å². The minimum Gasteiger partial charge on any atom is -0.494 e. The molecule has 2 aromatic carbocycles. The Balaban J connectivity index is 1.45. The topological polar surface area (TPSA) is 133 Å². The van der Waals surface area contributed by atoms with E-state index in [9.17, 15) is 18.3 Å². The first kappa shape index (κ1) is 28.3. The molecular weight excluding hydrogens is 546 g/mol. The van der Waals surface area contributed by atoms with Crippen LogP contribution in [0.2, 0.25) is 0 Å². The molecule has 1 aliphatic rings. The first-order valence-electron chi connectivity index (χ1n) is 13.2. The predicted molar refractivity (Wildman–Crippen MR) is 157 cm³/mol. The molecule has 0 radical (unpaired) electrons. The van der Waals surface area contributed by atoms with E-state index in [0.29, 0.717) is 66.7 Å². The molecule has 2 aromatic heterocycles. The summed E-state index contributed by atoms with van der Waals surface area (Å²) in [5.74, 6) is 0.515. The molecule has 0 spiro atoms. The Labute approximate surface area is 238 Å². The maximum atomic E-state index is 13.4. The average Bonchev–Trinajstić information content (AvgIpc) is 3.39. The Hall–Kier alpha value is -4.20. The Morgan fingerprint density at radius 1 is 1.07 bits per heavy atom. The number of ether oxygens (including phenoxy) is 1. The van der Waals surface area contributed by atoms with E-state index in [1.807, 2.05) is 24.3 Å². The van der Waals surface area contributed by atoms with E-state index in [-0.39, 0.29) is 18.5 Å². The van der Waals surface area contributed by atoms with Crippen molar-refractivity contribution in [3.63, 3.8) is 0 Å². The Morgan fingerprint density at radius 2 is 1.83 bits per heavy atom. The second-order valence-corrected chi connectivity index (χ2v) is 11.8. The van der Waals surface area contributed by atoms with Gasteiger partial charge in [0.25, 0.3) is 5.91 Å². The van der Waals surface area contributed by atoms with Gasteiger partial charge < -0.3 is 20.1 Å². The van der Waals surface area contributed by atoms with Gasteiger partial charge in [-0.1, -0.05) is 24.3 Å². The van der Waals surface area contributed by atoms with E-state index < -0.39 is 10.0 Å². The quantitative estimate of drug-likeness (QED) is 0.307. The van der Waals surface area contributed by atoms with Crippen LogP contribution >= 0.6 is 0 Å². The van der Waals surface area contributed by atoms with Crippen molar-refractivity contribution in [2.24, 2.45) is 0 Å². The van der Waals surface area contributed by atoms with Crippen molar-refractivity contribution >= 4 is 38.8 Å². The van der Waals surface area contributed by atoms with Crippen molar-refractivity contribution in [2.75, 3.05) is 69.4 Å². The highest BCUT2D eigenvalue weighted by atomic mass is 32.2. The van der Waals surface area contributed by atoms with Crippen molar-refractivity contribution in [3.05, 3.63) is 66.4 Å². The van der Waals surface area contributed by atoms with Gasteiger partial charge in [-0.2, -0.15) is 0 Å². The third kappa shape index (κ3) is 5.82. The molecular formula is C28H33N7O5S. The fourth-order valence-electron chi connectivity index (χ4n) is 4.94. The molecule has 1 aliphatic heterocycles. The number of fused-ring (bicyclic) bond motifs is 1. The SMILES string of the molecule is COc1c(Nc2ncc3ccc(-c4ccccc4N(C)S(C)(=O)=O)n3n2)cccc1C(=O)N1CCN(CCO)CC1. The highest BCUT2D eigenvalue weighted by Gasteiger charge is 2.26. The lowest BCUT2D eigenvalue weighted by atomic mass is 10.1. The molecule has 0 saturated carbocycles. The number of amides is 1. The number of β-amino-alcohol motifs (C(OH)–C–C–N with tert-alkyl or cyclic N) is 1. The van der Waals surface area contributed by atoms with Crippen LogP contribution in [0.1, 0.15) is 10.4 Å². The molecule has 41 heavy (non-hydrogen) atoms. The highest BCUT2D eigenvalue weighted by Crippen LogP contribution is 2.34. The Kier molecular flexibility index (Phi) is 8.10. The molecule has 5 rings (SSSR count). The monoisotopic (exact) mass is 579 g/mol. The van der Waals surface area contributed by atoms with E-state index in [1.54, 1.807) is 45.9 Å². The number of rotatable bonds is 9. The number of aliphatic hydroxyl groups excluding tert-OH is 1. The normalized spacial score (nSPS) is 14.3. The molecule has 3 heterocycles. The van der Waals surface area contributed by atoms with Gasteiger partial charge in [0, 0.05) is 45.3 Å². The second kappa shape index (κ2) is 11.7. The van der Waals surface area contributed by atoms with Gasteiger partial charge in [0.05, 0.1) is 54.3 Å². The number of aliphatic hydroxyl groups is 1. The molecule has 0 atom stereocenters. The lowest BCUT2D eigenvalue weighted by Crippen LogP contribution is -2.49. The van der Waals surface area contributed by atoms with Crippen molar-refractivity contribution in [1.29, 1.82) is 0 Å². The molecule has 0 unspecified atom stereocenters. The first-order valence-corrected chi connectivity index (χ1v) is 15.0. The summed E-state index contributed by atoms with van der Waals surface area (Å²) in [5.41, 5.74) is 3.57. The number of sulfonamides is 1. The Bertz CT molecular complexity index is 1670. The van der Waals surface area contributed by atoms with Crippen molar-refractivity contribution < 1.29 is 23.1 Å². The third-order valence-corrected chi connectivity index (χ3v) is 8.38. The molecule has 12 nitrogen and oxygen atoms in total. The van der Waals surface area contributed by atoms with Crippen LogP contribution in [0.3, 0.4) is 0 Å². The zero-order chi connectivity index (χ0) is 29.1. The number of carbonyl (C=O) groups is 1. The minimum atomic E-state index is -3.48. The fourth-order valence-corrected chi connectivity index (χ4v) is 5.45. The number of hydrogen-bond acceptors (Lipinski definition) is 9. The minimum absolute atomic E-state index is 0.0953. The number of nitrogens with one attached hydrogen (secondary N) is 1. The van der Waals surface area contributed by atoms with E-state index in [2.05, 4.69) is 20.3 Å². The summed E-state index contributed by atoms with van der Waals surface area (Å²) in [6.45, 7) is 3.21. The molecule has 216 valence electrons. The van der Waals surface area contributed by atoms with E-state index in [4.69, 9.17) is 4.74 Å². The van der Waals surface area contributed by atoms with Gasteiger partial charge in [0.15, 0.2) is 5.75 Å². The number of methoxy groups -OCH3 is 1. The summed E-state index contributed by atoms with van der Waals surface area (Å²) in [6.07, 6.45) is 2.82. The number of hydrogen-bond donors (Lipinski definition) is 2. The van der Waals surface area contributed by atoms with Crippen LogP contribution < -0.4 is 14.4 Å². The van der Waals surface area contributed by atoms with Crippen molar-refractivity contribution in [3.8, 4) is 17.0 Å². The van der Waals surface area contributed by atoms with Gasteiger partial charge in [-0.05, 0) is 30.3 Å².